The van der Waals surface area contributed by atoms with Crippen molar-refractivity contribution in [2.24, 2.45) is 11.7 Å². The molecule has 1 aliphatic heterocycles. The van der Waals surface area contributed by atoms with E-state index in [0.717, 1.165) is 5.56 Å². The maximum absolute atomic E-state index is 12.2. The van der Waals surface area contributed by atoms with Crippen molar-refractivity contribution in [3.8, 4) is 0 Å². The number of carbonyl (C=O) groups excluding carboxylic acids is 2. The number of likely N-dealkylation sites (N-methyl/N-ethyl adjacent to an activating group) is 1. The van der Waals surface area contributed by atoms with Crippen LogP contribution in [0.4, 0.5) is 0 Å². The Morgan fingerprint density at radius 3 is 2.70 bits per heavy atom. The molecule has 2 unspecified atom stereocenters. The van der Waals surface area contributed by atoms with Gasteiger partial charge in [0.25, 0.3) is 0 Å². The molecule has 1 fully saturated rings. The van der Waals surface area contributed by atoms with E-state index < -0.39 is 6.04 Å². The van der Waals surface area contributed by atoms with Gasteiger partial charge in [-0.25, -0.2) is 0 Å². The number of carbonyl (C=O) groups is 2. The maximum atomic E-state index is 12.2. The van der Waals surface area contributed by atoms with Gasteiger partial charge in [0.1, 0.15) is 6.04 Å². The molecule has 20 heavy (non-hydrogen) atoms. The van der Waals surface area contributed by atoms with Crippen LogP contribution in [-0.4, -0.2) is 42.9 Å². The van der Waals surface area contributed by atoms with E-state index in [1.54, 1.807) is 11.9 Å². The average molecular weight is 275 g/mol. The summed E-state index contributed by atoms with van der Waals surface area (Å²) in [4.78, 5) is 25.7. The molecule has 1 aromatic carbocycles. The molecule has 3 N–H and O–H groups in total. The van der Waals surface area contributed by atoms with Crippen molar-refractivity contribution < 1.29 is 9.59 Å². The Hall–Kier alpha value is -1.88. The predicted molar refractivity (Wildman–Crippen MR) is 76.9 cm³/mol. The van der Waals surface area contributed by atoms with Crippen LogP contribution in [0.1, 0.15) is 12.0 Å². The number of hydrogen-bond donors (Lipinski definition) is 2. The second-order valence-electron chi connectivity index (χ2n) is 5.23. The third-order valence-corrected chi connectivity index (χ3v) is 3.72. The Balaban J connectivity index is 1.94. The Labute approximate surface area is 119 Å². The quantitative estimate of drug-likeness (QED) is 0.803. The lowest BCUT2D eigenvalue weighted by atomic mass is 9.98. The third-order valence-electron chi connectivity index (χ3n) is 3.72. The molecule has 1 heterocycles. The number of nitrogens with zero attached hydrogens (tertiary/aromatic N) is 1. The van der Waals surface area contributed by atoms with Gasteiger partial charge in [-0.15, -0.1) is 0 Å². The summed E-state index contributed by atoms with van der Waals surface area (Å²) < 4.78 is 0. The normalized spacial score (nSPS) is 20.0. The Morgan fingerprint density at radius 1 is 1.45 bits per heavy atom. The highest BCUT2D eigenvalue weighted by molar-refractivity contribution is 5.89. The molecule has 2 atom stereocenters. The molecule has 5 heteroatoms. The number of nitrogens with two attached hydrogens (primary N) is 1. The Bertz CT molecular complexity index is 475. The lowest BCUT2D eigenvalue weighted by molar-refractivity contribution is -0.133. The summed E-state index contributed by atoms with van der Waals surface area (Å²) in [5.74, 6) is -0.449. The monoisotopic (exact) mass is 275 g/mol. The van der Waals surface area contributed by atoms with E-state index in [9.17, 15) is 9.59 Å². The van der Waals surface area contributed by atoms with Crippen LogP contribution in [0.5, 0.6) is 0 Å². The number of amides is 2. The fourth-order valence-corrected chi connectivity index (χ4v) is 2.43. The van der Waals surface area contributed by atoms with Crippen LogP contribution in [0.2, 0.25) is 0 Å². The molecule has 108 valence electrons. The van der Waals surface area contributed by atoms with E-state index in [0.29, 0.717) is 19.4 Å². The van der Waals surface area contributed by atoms with E-state index >= 15 is 0 Å². The predicted octanol–water partition coefficient (Wildman–Crippen LogP) is 0.151. The van der Waals surface area contributed by atoms with Gasteiger partial charge in [0.2, 0.25) is 11.8 Å². The summed E-state index contributed by atoms with van der Waals surface area (Å²) in [6.07, 6.45) is 1.27. The van der Waals surface area contributed by atoms with Crippen molar-refractivity contribution in [2.45, 2.75) is 18.9 Å². The van der Waals surface area contributed by atoms with E-state index in [-0.39, 0.29) is 24.3 Å². The van der Waals surface area contributed by atoms with Crippen molar-refractivity contribution >= 4 is 11.8 Å². The molecule has 0 bridgehead atoms. The second-order valence-corrected chi connectivity index (χ2v) is 5.23. The summed E-state index contributed by atoms with van der Waals surface area (Å²) in [6.45, 7) is 0.966. The van der Waals surface area contributed by atoms with E-state index in [4.69, 9.17) is 5.73 Å². The highest BCUT2D eigenvalue weighted by atomic mass is 16.2. The Kier molecular flexibility index (Phi) is 4.74. The minimum atomic E-state index is -0.391. The summed E-state index contributed by atoms with van der Waals surface area (Å²) >= 11 is 0. The van der Waals surface area contributed by atoms with E-state index in [1.165, 1.54) is 0 Å². The molecule has 0 radical (unpaired) electrons. The van der Waals surface area contributed by atoms with Gasteiger partial charge in [0, 0.05) is 20.1 Å². The molecule has 1 aromatic rings. The van der Waals surface area contributed by atoms with E-state index in [2.05, 4.69) is 5.32 Å². The third kappa shape index (κ3) is 3.36. The molecule has 0 spiro atoms. The number of benzene rings is 1. The van der Waals surface area contributed by atoms with Crippen LogP contribution < -0.4 is 11.1 Å². The highest BCUT2D eigenvalue weighted by Gasteiger charge is 2.31. The number of rotatable bonds is 5. The van der Waals surface area contributed by atoms with Crippen molar-refractivity contribution in [1.29, 1.82) is 0 Å². The van der Waals surface area contributed by atoms with Crippen LogP contribution in [0.25, 0.3) is 0 Å². The first kappa shape index (κ1) is 14.5. The SMILES string of the molecule is CN1CCC(NC(=O)C(CN)Cc2ccccc2)C1=O. The zero-order valence-corrected chi connectivity index (χ0v) is 11.7. The van der Waals surface area contributed by atoms with E-state index in [1.807, 2.05) is 30.3 Å². The van der Waals surface area contributed by atoms with Gasteiger partial charge in [-0.05, 0) is 18.4 Å². The van der Waals surface area contributed by atoms with Crippen LogP contribution >= 0.6 is 0 Å². The van der Waals surface area contributed by atoms with Gasteiger partial charge in [-0.3, -0.25) is 9.59 Å². The van der Waals surface area contributed by atoms with Gasteiger partial charge in [0.05, 0.1) is 5.92 Å². The largest absolute Gasteiger partial charge is 0.344 e. The minimum Gasteiger partial charge on any atom is -0.344 e. The van der Waals surface area contributed by atoms with Gasteiger partial charge in [-0.1, -0.05) is 30.3 Å². The lowest BCUT2D eigenvalue weighted by Crippen LogP contribution is -2.45. The average Bonchev–Trinajstić information content (AvgIpc) is 2.77. The molecule has 1 saturated heterocycles. The summed E-state index contributed by atoms with van der Waals surface area (Å²) in [6, 6.07) is 9.38. The van der Waals surface area contributed by atoms with Crippen molar-refractivity contribution in [3.05, 3.63) is 35.9 Å². The highest BCUT2D eigenvalue weighted by Crippen LogP contribution is 2.12. The fourth-order valence-electron chi connectivity index (χ4n) is 2.43. The standard InChI is InChI=1S/C15H21N3O2/c1-18-8-7-13(15(18)20)17-14(19)12(10-16)9-11-5-3-2-4-6-11/h2-6,12-13H,7-10,16H2,1H3,(H,17,19). The second kappa shape index (κ2) is 6.52. The van der Waals surface area contributed by atoms with Crippen molar-refractivity contribution in [2.75, 3.05) is 20.1 Å². The van der Waals surface area contributed by atoms with Gasteiger partial charge in [0.15, 0.2) is 0 Å². The first-order valence-electron chi connectivity index (χ1n) is 6.91. The molecular weight excluding hydrogens is 254 g/mol. The van der Waals surface area contributed by atoms with Gasteiger partial charge in [-0.2, -0.15) is 0 Å². The molecule has 5 nitrogen and oxygen atoms in total. The summed E-state index contributed by atoms with van der Waals surface area (Å²) in [5.41, 5.74) is 6.78. The fraction of sp³-hybridized carbons (Fsp3) is 0.467. The van der Waals surface area contributed by atoms with Crippen LogP contribution in [-0.2, 0) is 16.0 Å². The topological polar surface area (TPSA) is 75.4 Å². The summed E-state index contributed by atoms with van der Waals surface area (Å²) in [5, 5.41) is 2.82. The van der Waals surface area contributed by atoms with Crippen LogP contribution in [0.15, 0.2) is 30.3 Å². The smallest absolute Gasteiger partial charge is 0.244 e. The molecular formula is C15H21N3O2. The molecule has 2 rings (SSSR count). The first-order valence-corrected chi connectivity index (χ1v) is 6.91. The van der Waals surface area contributed by atoms with Gasteiger partial charge >= 0.3 is 0 Å². The Morgan fingerprint density at radius 2 is 2.15 bits per heavy atom. The first-order chi connectivity index (χ1) is 9.61. The zero-order chi connectivity index (χ0) is 14.5. The van der Waals surface area contributed by atoms with Gasteiger partial charge < -0.3 is 16.0 Å². The minimum absolute atomic E-state index is 0.0196. The number of nitrogens with one attached hydrogen (secondary N) is 1. The molecule has 0 saturated carbocycles. The molecule has 1 aliphatic rings. The number of hydrogen-bond acceptors (Lipinski definition) is 3. The molecule has 0 aliphatic carbocycles. The lowest BCUT2D eigenvalue weighted by Gasteiger charge is -2.18. The van der Waals surface area contributed by atoms with Crippen LogP contribution in [0, 0.1) is 5.92 Å². The van der Waals surface area contributed by atoms with Crippen molar-refractivity contribution in [3.63, 3.8) is 0 Å². The number of likely N-dealkylation sites (tertiary alicyclic amines) is 1. The maximum Gasteiger partial charge on any atom is 0.244 e. The molecule has 2 amide bonds. The van der Waals surface area contributed by atoms with Crippen molar-refractivity contribution in [1.82, 2.24) is 10.2 Å². The zero-order valence-electron chi connectivity index (χ0n) is 11.7. The molecule has 0 aromatic heterocycles. The van der Waals surface area contributed by atoms with Crippen LogP contribution in [0.3, 0.4) is 0 Å². The summed E-state index contributed by atoms with van der Waals surface area (Å²) in [7, 11) is 1.75.